The minimum atomic E-state index is 0.349. The van der Waals surface area contributed by atoms with Crippen LogP contribution >= 0.6 is 27.3 Å². The van der Waals surface area contributed by atoms with Gasteiger partial charge >= 0.3 is 0 Å². The van der Waals surface area contributed by atoms with Crippen molar-refractivity contribution in [3.8, 4) is 0 Å². The van der Waals surface area contributed by atoms with E-state index in [4.69, 9.17) is 4.74 Å². The van der Waals surface area contributed by atoms with Gasteiger partial charge in [0.2, 0.25) is 0 Å². The first-order chi connectivity index (χ1) is 8.40. The number of aromatic nitrogens is 2. The van der Waals surface area contributed by atoms with Crippen LogP contribution in [0.5, 0.6) is 0 Å². The lowest BCUT2D eigenvalue weighted by Gasteiger charge is -2.35. The average Bonchev–Trinajstić information content (AvgIpc) is 2.86. The third-order valence-electron chi connectivity index (χ3n) is 2.92. The molecule has 4 nitrogen and oxygen atoms in total. The van der Waals surface area contributed by atoms with Gasteiger partial charge in [-0.2, -0.15) is 0 Å². The molecule has 1 unspecified atom stereocenters. The molecule has 1 aliphatic heterocycles. The van der Waals surface area contributed by atoms with Crippen molar-refractivity contribution >= 4 is 43.3 Å². The number of thiophene rings is 1. The van der Waals surface area contributed by atoms with Gasteiger partial charge in [0.25, 0.3) is 0 Å². The molecule has 1 atom stereocenters. The first-order valence-electron chi connectivity index (χ1n) is 5.48. The van der Waals surface area contributed by atoms with Crippen molar-refractivity contribution in [3.63, 3.8) is 0 Å². The van der Waals surface area contributed by atoms with E-state index in [-0.39, 0.29) is 0 Å². The lowest BCUT2D eigenvalue weighted by molar-refractivity contribution is 0.100. The highest BCUT2D eigenvalue weighted by Crippen LogP contribution is 2.29. The van der Waals surface area contributed by atoms with Gasteiger partial charge in [0, 0.05) is 11.9 Å². The van der Waals surface area contributed by atoms with E-state index < -0.39 is 0 Å². The number of anilines is 1. The van der Waals surface area contributed by atoms with Gasteiger partial charge in [0.05, 0.1) is 24.6 Å². The number of rotatable bonds is 2. The minimum absolute atomic E-state index is 0.349. The Morgan fingerprint density at radius 1 is 1.53 bits per heavy atom. The van der Waals surface area contributed by atoms with E-state index in [1.54, 1.807) is 17.7 Å². The molecule has 0 saturated carbocycles. The van der Waals surface area contributed by atoms with Gasteiger partial charge in [0.1, 0.15) is 17.0 Å². The van der Waals surface area contributed by atoms with E-state index in [0.29, 0.717) is 6.04 Å². The molecule has 0 radical (unpaired) electrons. The molecule has 1 aliphatic rings. The van der Waals surface area contributed by atoms with E-state index in [2.05, 4.69) is 42.2 Å². The van der Waals surface area contributed by atoms with Crippen molar-refractivity contribution in [2.45, 2.75) is 6.04 Å². The van der Waals surface area contributed by atoms with E-state index in [9.17, 15) is 0 Å². The first kappa shape index (κ1) is 11.4. The molecule has 0 N–H and O–H groups in total. The molecule has 0 aliphatic carbocycles. The molecule has 2 aromatic rings. The summed E-state index contributed by atoms with van der Waals surface area (Å²) in [5, 5.41) is 4.10. The molecule has 0 aromatic carbocycles. The van der Waals surface area contributed by atoms with Crippen LogP contribution in [-0.4, -0.2) is 41.1 Å². The zero-order valence-corrected chi connectivity index (χ0v) is 11.6. The molecule has 1 fully saturated rings. The summed E-state index contributed by atoms with van der Waals surface area (Å²) in [6, 6.07) is 2.44. The monoisotopic (exact) mass is 313 g/mol. The Morgan fingerprint density at radius 3 is 3.35 bits per heavy atom. The Bertz CT molecular complexity index is 518. The molecule has 1 saturated heterocycles. The number of nitrogens with zero attached hydrogens (tertiary/aromatic N) is 3. The molecule has 3 rings (SSSR count). The molecule has 0 bridgehead atoms. The Hall–Kier alpha value is -0.720. The molecule has 6 heteroatoms. The second kappa shape index (κ2) is 4.88. The van der Waals surface area contributed by atoms with Crippen LogP contribution in [0.4, 0.5) is 5.82 Å². The Balaban J connectivity index is 2.04. The largest absolute Gasteiger partial charge is 0.377 e. The highest BCUT2D eigenvalue weighted by Gasteiger charge is 2.24. The summed E-state index contributed by atoms with van der Waals surface area (Å²) in [5.41, 5.74) is 0. The SMILES string of the molecule is BrCC1COCCN1c1ncnc2sccc12. The van der Waals surface area contributed by atoms with Gasteiger partial charge in [-0.3, -0.25) is 0 Å². The van der Waals surface area contributed by atoms with Gasteiger partial charge in [-0.25, -0.2) is 9.97 Å². The zero-order chi connectivity index (χ0) is 11.7. The van der Waals surface area contributed by atoms with Crippen LogP contribution in [0.3, 0.4) is 0 Å². The van der Waals surface area contributed by atoms with E-state index >= 15 is 0 Å². The molecule has 0 spiro atoms. The molecule has 2 aromatic heterocycles. The second-order valence-corrected chi connectivity index (χ2v) is 5.46. The lowest BCUT2D eigenvalue weighted by Crippen LogP contribution is -2.47. The Kier molecular flexibility index (Phi) is 3.26. The fourth-order valence-electron chi connectivity index (χ4n) is 2.07. The molecule has 90 valence electrons. The van der Waals surface area contributed by atoms with E-state index in [1.165, 1.54) is 0 Å². The van der Waals surface area contributed by atoms with Crippen molar-refractivity contribution in [2.75, 3.05) is 30.0 Å². The smallest absolute Gasteiger partial charge is 0.141 e. The van der Waals surface area contributed by atoms with E-state index in [1.807, 2.05) is 0 Å². The molecular formula is C11H12BrN3OS. The van der Waals surface area contributed by atoms with Crippen LogP contribution in [-0.2, 0) is 4.74 Å². The quantitative estimate of drug-likeness (QED) is 0.797. The number of ether oxygens (including phenoxy) is 1. The van der Waals surface area contributed by atoms with Crippen molar-refractivity contribution in [2.24, 2.45) is 0 Å². The summed E-state index contributed by atoms with van der Waals surface area (Å²) in [6.07, 6.45) is 1.65. The van der Waals surface area contributed by atoms with Crippen molar-refractivity contribution < 1.29 is 4.74 Å². The standard InChI is InChI=1S/C11H12BrN3OS/c12-5-8-6-16-3-2-15(8)10-9-1-4-17-11(9)14-7-13-10/h1,4,7-8H,2-3,5-6H2. The number of hydrogen-bond acceptors (Lipinski definition) is 5. The van der Waals surface area contributed by atoms with Crippen molar-refractivity contribution in [1.82, 2.24) is 9.97 Å². The fraction of sp³-hybridized carbons (Fsp3) is 0.455. The molecular weight excluding hydrogens is 302 g/mol. The first-order valence-corrected chi connectivity index (χ1v) is 7.49. The second-order valence-electron chi connectivity index (χ2n) is 3.91. The predicted molar refractivity (Wildman–Crippen MR) is 73.2 cm³/mol. The highest BCUT2D eigenvalue weighted by molar-refractivity contribution is 9.09. The Labute approximate surface area is 112 Å². The number of fused-ring (bicyclic) bond motifs is 1. The zero-order valence-electron chi connectivity index (χ0n) is 9.17. The van der Waals surface area contributed by atoms with Crippen LogP contribution < -0.4 is 4.90 Å². The minimum Gasteiger partial charge on any atom is -0.377 e. The predicted octanol–water partition coefficient (Wildman–Crippen LogP) is 2.29. The summed E-state index contributed by atoms with van der Waals surface area (Å²) in [5.74, 6) is 1.03. The summed E-state index contributed by atoms with van der Waals surface area (Å²) >= 11 is 5.19. The van der Waals surface area contributed by atoms with Crippen LogP contribution in [0.2, 0.25) is 0 Å². The third-order valence-corrected chi connectivity index (χ3v) is 4.49. The number of hydrogen-bond donors (Lipinski definition) is 0. The summed E-state index contributed by atoms with van der Waals surface area (Å²) < 4.78 is 5.51. The third kappa shape index (κ3) is 2.05. The summed E-state index contributed by atoms with van der Waals surface area (Å²) in [6.45, 7) is 2.40. The average molecular weight is 314 g/mol. The normalized spacial score (nSPS) is 21.0. The maximum Gasteiger partial charge on any atom is 0.141 e. The van der Waals surface area contributed by atoms with Crippen LogP contribution in [0.1, 0.15) is 0 Å². The topological polar surface area (TPSA) is 38.2 Å². The van der Waals surface area contributed by atoms with Gasteiger partial charge in [0.15, 0.2) is 0 Å². The van der Waals surface area contributed by atoms with Gasteiger partial charge in [-0.1, -0.05) is 15.9 Å². The lowest BCUT2D eigenvalue weighted by atomic mass is 10.2. The number of morpholine rings is 1. The van der Waals surface area contributed by atoms with Gasteiger partial charge < -0.3 is 9.64 Å². The highest BCUT2D eigenvalue weighted by atomic mass is 79.9. The fourth-order valence-corrected chi connectivity index (χ4v) is 3.33. The van der Waals surface area contributed by atoms with Crippen molar-refractivity contribution in [3.05, 3.63) is 17.8 Å². The van der Waals surface area contributed by atoms with Crippen LogP contribution in [0, 0.1) is 0 Å². The molecule has 0 amide bonds. The summed E-state index contributed by atoms with van der Waals surface area (Å²) in [7, 11) is 0. The van der Waals surface area contributed by atoms with Crippen LogP contribution in [0.15, 0.2) is 17.8 Å². The van der Waals surface area contributed by atoms with E-state index in [0.717, 1.165) is 41.1 Å². The molecule has 3 heterocycles. The Morgan fingerprint density at radius 2 is 2.47 bits per heavy atom. The van der Waals surface area contributed by atoms with Gasteiger partial charge in [-0.05, 0) is 11.4 Å². The van der Waals surface area contributed by atoms with Crippen molar-refractivity contribution in [1.29, 1.82) is 0 Å². The van der Waals surface area contributed by atoms with Crippen LogP contribution in [0.25, 0.3) is 10.2 Å². The maximum absolute atomic E-state index is 5.51. The number of halogens is 1. The maximum atomic E-state index is 5.51. The van der Waals surface area contributed by atoms with Gasteiger partial charge in [-0.15, -0.1) is 11.3 Å². The summed E-state index contributed by atoms with van der Waals surface area (Å²) in [4.78, 5) is 12.1. The molecule has 17 heavy (non-hydrogen) atoms. The number of alkyl halides is 1.